The number of carbonyl (C=O) groups is 1. The first kappa shape index (κ1) is 21.7. The predicted molar refractivity (Wildman–Crippen MR) is 131 cm³/mol. The summed E-state index contributed by atoms with van der Waals surface area (Å²) in [6, 6.07) is 19.7. The monoisotopic (exact) mass is 473 g/mol. The number of hydrogen-bond acceptors (Lipinski definition) is 5. The molecule has 0 aliphatic heterocycles. The van der Waals surface area contributed by atoms with Crippen LogP contribution in [0.25, 0.3) is 27.8 Å². The molecule has 0 aliphatic rings. The molecule has 3 aromatic carbocycles. The summed E-state index contributed by atoms with van der Waals surface area (Å²) < 4.78 is 6.81. The average molecular weight is 474 g/mol. The van der Waals surface area contributed by atoms with Crippen molar-refractivity contribution in [3.63, 3.8) is 0 Å². The summed E-state index contributed by atoms with van der Waals surface area (Å²) >= 11 is 5.91. The fourth-order valence-corrected chi connectivity index (χ4v) is 3.91. The first-order chi connectivity index (χ1) is 16.5. The summed E-state index contributed by atoms with van der Waals surface area (Å²) in [7, 11) is 1.59. The molecule has 0 bridgehead atoms. The van der Waals surface area contributed by atoms with E-state index in [2.05, 4.69) is 20.6 Å². The van der Waals surface area contributed by atoms with Crippen LogP contribution in [0.3, 0.4) is 0 Å². The van der Waals surface area contributed by atoms with Crippen LogP contribution in [0.5, 0.6) is 5.75 Å². The first-order valence-electron chi connectivity index (χ1n) is 10.6. The molecule has 0 radical (unpaired) electrons. The number of nitrogens with zero attached hydrogens (tertiary/aromatic N) is 3. The molecule has 9 heteroatoms. The van der Waals surface area contributed by atoms with Gasteiger partial charge in [0, 0.05) is 22.7 Å². The van der Waals surface area contributed by atoms with Gasteiger partial charge in [-0.15, -0.1) is 0 Å². The maximum absolute atomic E-state index is 12.8. The Labute approximate surface area is 199 Å². The molecule has 8 nitrogen and oxygen atoms in total. The van der Waals surface area contributed by atoms with Gasteiger partial charge in [0.1, 0.15) is 11.4 Å². The molecule has 0 aliphatic carbocycles. The summed E-state index contributed by atoms with van der Waals surface area (Å²) in [4.78, 5) is 29.7. The zero-order valence-electron chi connectivity index (χ0n) is 18.2. The highest BCUT2D eigenvalue weighted by Gasteiger charge is 2.16. The lowest BCUT2D eigenvalue weighted by Crippen LogP contribution is -2.25. The Hall–Kier alpha value is -4.17. The molecule has 0 spiro atoms. The topological polar surface area (TPSA) is 101 Å². The van der Waals surface area contributed by atoms with E-state index in [1.807, 2.05) is 48.5 Å². The zero-order chi connectivity index (χ0) is 23.7. The number of ether oxygens (including phenoxy) is 1. The van der Waals surface area contributed by atoms with Gasteiger partial charge in [0.2, 0.25) is 0 Å². The smallest absolute Gasteiger partial charge is 0.281 e. The van der Waals surface area contributed by atoms with E-state index in [1.165, 1.54) is 0 Å². The van der Waals surface area contributed by atoms with E-state index in [1.54, 1.807) is 29.8 Å². The number of halogens is 1. The second-order valence-electron chi connectivity index (χ2n) is 7.73. The minimum atomic E-state index is -0.388. The maximum atomic E-state index is 12.8. The largest absolute Gasteiger partial charge is 0.497 e. The van der Waals surface area contributed by atoms with E-state index >= 15 is 0 Å². The molecule has 5 aromatic rings. The van der Waals surface area contributed by atoms with E-state index in [4.69, 9.17) is 16.3 Å². The second-order valence-corrected chi connectivity index (χ2v) is 8.17. The minimum absolute atomic E-state index is 0.233. The van der Waals surface area contributed by atoms with Crippen molar-refractivity contribution in [2.75, 3.05) is 13.7 Å². The van der Waals surface area contributed by atoms with E-state index in [9.17, 15) is 9.59 Å². The minimum Gasteiger partial charge on any atom is -0.497 e. The molecule has 2 aromatic heterocycles. The summed E-state index contributed by atoms with van der Waals surface area (Å²) in [5.74, 6) is 0.481. The van der Waals surface area contributed by atoms with Gasteiger partial charge in [-0.25, -0.2) is 9.73 Å². The molecule has 0 atom stereocenters. The number of aromatic amines is 1. The number of nitrogens with one attached hydrogen (secondary N) is 2. The van der Waals surface area contributed by atoms with Crippen LogP contribution >= 0.6 is 11.6 Å². The van der Waals surface area contributed by atoms with E-state index in [0.29, 0.717) is 51.5 Å². The molecule has 2 N–H and O–H groups in total. The van der Waals surface area contributed by atoms with Crippen molar-refractivity contribution in [2.24, 2.45) is 0 Å². The molecular weight excluding hydrogens is 454 g/mol. The number of carbonyl (C=O) groups excluding carboxylic acids is 1. The molecule has 34 heavy (non-hydrogen) atoms. The lowest BCUT2D eigenvalue weighted by Gasteiger charge is -2.07. The van der Waals surface area contributed by atoms with Gasteiger partial charge in [-0.05, 0) is 66.6 Å². The van der Waals surface area contributed by atoms with Gasteiger partial charge >= 0.3 is 0 Å². The van der Waals surface area contributed by atoms with Crippen molar-refractivity contribution >= 4 is 34.1 Å². The Morgan fingerprint density at radius 2 is 1.85 bits per heavy atom. The van der Waals surface area contributed by atoms with Crippen molar-refractivity contribution < 1.29 is 9.53 Å². The number of methoxy groups -OCH3 is 1. The summed E-state index contributed by atoms with van der Waals surface area (Å²) in [5, 5.41) is 11.3. The summed E-state index contributed by atoms with van der Waals surface area (Å²) in [5.41, 5.74) is 3.33. The maximum Gasteiger partial charge on any atom is 0.281 e. The lowest BCUT2D eigenvalue weighted by atomic mass is 10.1. The number of benzene rings is 3. The molecule has 2 heterocycles. The Bertz CT molecular complexity index is 1560. The number of rotatable bonds is 6. The summed E-state index contributed by atoms with van der Waals surface area (Å²) in [6.07, 6.45) is 0.676. The standard InChI is InChI=1S/C25H20ClN5O3/c1-34-19-9-4-16(5-10-19)22-23-28-25(33)20-11-6-17(14-21(20)31(23)30-29-22)24(32)27-13-12-15-2-7-18(26)8-3-15/h2-11,14,30H,12-13H2,1H3,(H,27,32). The van der Waals surface area contributed by atoms with Crippen molar-refractivity contribution in [1.82, 2.24) is 25.1 Å². The van der Waals surface area contributed by atoms with Crippen LogP contribution in [-0.4, -0.2) is 39.4 Å². The van der Waals surface area contributed by atoms with Gasteiger partial charge in [-0.2, -0.15) is 10.1 Å². The summed E-state index contributed by atoms with van der Waals surface area (Å²) in [6.45, 7) is 0.468. The average Bonchev–Trinajstić information content (AvgIpc) is 3.29. The molecule has 0 saturated heterocycles. The third kappa shape index (κ3) is 4.11. The molecular formula is C25H20ClN5O3. The fraction of sp³-hybridized carbons (Fsp3) is 0.120. The Kier molecular flexibility index (Phi) is 5.73. The van der Waals surface area contributed by atoms with E-state index in [0.717, 1.165) is 11.1 Å². The van der Waals surface area contributed by atoms with Crippen molar-refractivity contribution in [3.05, 3.63) is 93.2 Å². The zero-order valence-corrected chi connectivity index (χ0v) is 19.0. The van der Waals surface area contributed by atoms with Crippen molar-refractivity contribution in [3.8, 4) is 17.0 Å². The molecule has 0 fully saturated rings. The highest BCUT2D eigenvalue weighted by molar-refractivity contribution is 6.30. The van der Waals surface area contributed by atoms with Gasteiger partial charge in [-0.3, -0.25) is 9.59 Å². The Morgan fingerprint density at radius 1 is 1.09 bits per heavy atom. The number of fused-ring (bicyclic) bond motifs is 3. The number of aromatic nitrogens is 4. The molecule has 5 rings (SSSR count). The van der Waals surface area contributed by atoms with Crippen molar-refractivity contribution in [1.29, 1.82) is 0 Å². The number of H-pyrrole nitrogens is 1. The fourth-order valence-electron chi connectivity index (χ4n) is 3.79. The van der Waals surface area contributed by atoms with Crippen LogP contribution < -0.4 is 15.6 Å². The van der Waals surface area contributed by atoms with E-state index in [-0.39, 0.29) is 11.5 Å². The van der Waals surface area contributed by atoms with Crippen molar-refractivity contribution in [2.45, 2.75) is 6.42 Å². The molecule has 1 amide bonds. The quantitative estimate of drug-likeness (QED) is 0.390. The molecule has 0 unspecified atom stereocenters. The lowest BCUT2D eigenvalue weighted by molar-refractivity contribution is 0.0954. The van der Waals surface area contributed by atoms with Crippen LogP contribution in [0.15, 0.2) is 71.5 Å². The van der Waals surface area contributed by atoms with Crippen LogP contribution in [0.4, 0.5) is 0 Å². The highest BCUT2D eigenvalue weighted by Crippen LogP contribution is 2.25. The molecule has 0 saturated carbocycles. The van der Waals surface area contributed by atoms with Crippen LogP contribution in [-0.2, 0) is 6.42 Å². The van der Waals surface area contributed by atoms with Gasteiger partial charge in [0.15, 0.2) is 5.65 Å². The number of hydrogen-bond donors (Lipinski definition) is 2. The highest BCUT2D eigenvalue weighted by atomic mass is 35.5. The third-order valence-corrected chi connectivity index (χ3v) is 5.85. The second kappa shape index (κ2) is 8.99. The predicted octanol–water partition coefficient (Wildman–Crippen LogP) is 3.87. The molecule has 170 valence electrons. The van der Waals surface area contributed by atoms with Gasteiger partial charge < -0.3 is 10.1 Å². The van der Waals surface area contributed by atoms with Crippen LogP contribution in [0.1, 0.15) is 15.9 Å². The number of amides is 1. The Morgan fingerprint density at radius 3 is 2.59 bits per heavy atom. The van der Waals surface area contributed by atoms with Crippen LogP contribution in [0, 0.1) is 0 Å². The first-order valence-corrected chi connectivity index (χ1v) is 11.0. The SMILES string of the molecule is COc1ccc(-c2n[nH]n3c2nc(=O)c2ccc(C(=O)NCCc4ccc(Cl)cc4)cc23)cc1. The van der Waals surface area contributed by atoms with Gasteiger partial charge in [0.25, 0.3) is 11.5 Å². The Balaban J connectivity index is 1.44. The van der Waals surface area contributed by atoms with Gasteiger partial charge in [0.05, 0.1) is 18.0 Å². The third-order valence-electron chi connectivity index (χ3n) is 5.60. The van der Waals surface area contributed by atoms with Gasteiger partial charge in [-0.1, -0.05) is 23.7 Å². The van der Waals surface area contributed by atoms with E-state index < -0.39 is 0 Å². The normalized spacial score (nSPS) is 11.1. The van der Waals surface area contributed by atoms with Crippen LogP contribution in [0.2, 0.25) is 5.02 Å².